The number of rotatable bonds is 3. The molecule has 1 N–H and O–H groups in total. The molecule has 0 saturated heterocycles. The summed E-state index contributed by atoms with van der Waals surface area (Å²) in [4.78, 5) is 22.2. The van der Waals surface area contributed by atoms with Gasteiger partial charge in [0.05, 0.1) is 15.5 Å². The Kier molecular flexibility index (Phi) is 4.82. The molecule has 0 aromatic heterocycles. The van der Waals surface area contributed by atoms with Gasteiger partial charge in [-0.15, -0.1) is 0 Å². The van der Waals surface area contributed by atoms with E-state index in [0.29, 0.717) is 15.2 Å². The highest BCUT2D eigenvalue weighted by molar-refractivity contribution is 9.10. The van der Waals surface area contributed by atoms with E-state index in [1.165, 1.54) is 18.2 Å². The second kappa shape index (κ2) is 6.43. The van der Waals surface area contributed by atoms with E-state index in [1.807, 2.05) is 0 Å². The van der Waals surface area contributed by atoms with Crippen molar-refractivity contribution in [2.24, 2.45) is 0 Å². The van der Waals surface area contributed by atoms with Crippen LogP contribution in [0.5, 0.6) is 0 Å². The minimum absolute atomic E-state index is 0.0573. The predicted octanol–water partition coefficient (Wildman–Crippen LogP) is 4.92. The molecule has 0 aliphatic carbocycles. The van der Waals surface area contributed by atoms with Crippen molar-refractivity contribution in [3.8, 4) is 0 Å². The number of halogens is 3. The number of carbonyl (C=O) groups is 1. The Morgan fingerprint density at radius 2 is 1.86 bits per heavy atom. The van der Waals surface area contributed by atoms with Crippen LogP contribution in [-0.2, 0) is 0 Å². The van der Waals surface area contributed by atoms with Crippen molar-refractivity contribution >= 4 is 56.4 Å². The van der Waals surface area contributed by atoms with Crippen molar-refractivity contribution in [1.82, 2.24) is 0 Å². The van der Waals surface area contributed by atoms with Gasteiger partial charge in [-0.05, 0) is 30.3 Å². The largest absolute Gasteiger partial charge is 0.322 e. The molecule has 2 aromatic carbocycles. The highest BCUT2D eigenvalue weighted by Gasteiger charge is 2.15. The highest BCUT2D eigenvalue weighted by atomic mass is 79.9. The van der Waals surface area contributed by atoms with Gasteiger partial charge >= 0.3 is 0 Å². The number of carbonyl (C=O) groups excluding carboxylic acids is 1. The van der Waals surface area contributed by atoms with Crippen molar-refractivity contribution in [2.45, 2.75) is 0 Å². The molecule has 0 heterocycles. The summed E-state index contributed by atoms with van der Waals surface area (Å²) in [7, 11) is 0. The Morgan fingerprint density at radius 1 is 1.14 bits per heavy atom. The molecule has 0 fully saturated rings. The Balaban J connectivity index is 2.26. The topological polar surface area (TPSA) is 72.2 Å². The zero-order valence-electron chi connectivity index (χ0n) is 10.3. The number of anilines is 1. The van der Waals surface area contributed by atoms with Gasteiger partial charge in [0.15, 0.2) is 0 Å². The summed E-state index contributed by atoms with van der Waals surface area (Å²) in [6.45, 7) is 0. The smallest absolute Gasteiger partial charge is 0.288 e. The number of nitro groups is 1. The number of benzene rings is 2. The first-order valence-corrected chi connectivity index (χ1v) is 7.13. The van der Waals surface area contributed by atoms with Gasteiger partial charge in [0, 0.05) is 16.2 Å². The molecule has 0 atom stereocenters. The van der Waals surface area contributed by atoms with Gasteiger partial charge in [-0.1, -0.05) is 39.1 Å². The number of nitrogens with one attached hydrogen (secondary N) is 1. The molecule has 21 heavy (non-hydrogen) atoms. The molecule has 0 bridgehead atoms. The molecule has 0 aliphatic rings. The van der Waals surface area contributed by atoms with Gasteiger partial charge in [-0.25, -0.2) is 0 Å². The fraction of sp³-hybridized carbons (Fsp3) is 0. The third-order valence-corrected chi connectivity index (χ3v) is 3.70. The van der Waals surface area contributed by atoms with Gasteiger partial charge < -0.3 is 5.32 Å². The zero-order valence-corrected chi connectivity index (χ0v) is 13.4. The molecule has 0 spiro atoms. The SMILES string of the molecule is O=C(Nc1ccc([N+](=O)[O-])c(Cl)c1)c1cc(Br)ccc1Cl. The van der Waals surface area contributed by atoms with Crippen LogP contribution in [0, 0.1) is 10.1 Å². The fourth-order valence-electron chi connectivity index (χ4n) is 1.60. The summed E-state index contributed by atoms with van der Waals surface area (Å²) in [5.74, 6) is -0.439. The molecular weight excluding hydrogens is 383 g/mol. The van der Waals surface area contributed by atoms with Crippen molar-refractivity contribution in [1.29, 1.82) is 0 Å². The third kappa shape index (κ3) is 3.72. The first-order valence-electron chi connectivity index (χ1n) is 5.59. The Labute approximate surface area is 138 Å². The molecule has 5 nitrogen and oxygen atoms in total. The van der Waals surface area contributed by atoms with E-state index in [2.05, 4.69) is 21.2 Å². The maximum atomic E-state index is 12.1. The van der Waals surface area contributed by atoms with E-state index in [1.54, 1.807) is 18.2 Å². The van der Waals surface area contributed by atoms with E-state index >= 15 is 0 Å². The molecule has 0 saturated carbocycles. The van der Waals surface area contributed by atoms with Crippen molar-refractivity contribution < 1.29 is 9.72 Å². The molecule has 0 unspecified atom stereocenters. The van der Waals surface area contributed by atoms with E-state index in [-0.39, 0.29) is 16.3 Å². The quantitative estimate of drug-likeness (QED) is 0.598. The summed E-state index contributed by atoms with van der Waals surface area (Å²) >= 11 is 15.0. The van der Waals surface area contributed by atoms with E-state index in [9.17, 15) is 14.9 Å². The number of amides is 1. The van der Waals surface area contributed by atoms with Gasteiger partial charge in [0.2, 0.25) is 0 Å². The molecule has 0 aliphatic heterocycles. The lowest BCUT2D eigenvalue weighted by Gasteiger charge is -2.07. The Hall–Kier alpha value is -1.63. The Morgan fingerprint density at radius 3 is 2.48 bits per heavy atom. The van der Waals surface area contributed by atoms with Crippen LogP contribution in [0.4, 0.5) is 11.4 Å². The van der Waals surface area contributed by atoms with Crippen molar-refractivity contribution in [3.05, 3.63) is 66.6 Å². The number of nitro benzene ring substituents is 1. The first kappa shape index (κ1) is 15.8. The first-order chi connectivity index (χ1) is 9.88. The molecule has 108 valence electrons. The van der Waals surface area contributed by atoms with Crippen LogP contribution in [0.1, 0.15) is 10.4 Å². The van der Waals surface area contributed by atoms with E-state index in [0.717, 1.165) is 0 Å². The predicted molar refractivity (Wildman–Crippen MR) is 85.2 cm³/mol. The Bertz CT molecular complexity index is 737. The van der Waals surface area contributed by atoms with Crippen molar-refractivity contribution in [3.63, 3.8) is 0 Å². The summed E-state index contributed by atoms with van der Waals surface area (Å²) in [6.07, 6.45) is 0. The highest BCUT2D eigenvalue weighted by Crippen LogP contribution is 2.28. The van der Waals surface area contributed by atoms with Crippen LogP contribution in [0.2, 0.25) is 10.0 Å². The minimum atomic E-state index is -0.598. The average molecular weight is 390 g/mol. The normalized spacial score (nSPS) is 10.2. The van der Waals surface area contributed by atoms with Gasteiger partial charge in [-0.2, -0.15) is 0 Å². The van der Waals surface area contributed by atoms with Crippen LogP contribution in [0.25, 0.3) is 0 Å². The summed E-state index contributed by atoms with van der Waals surface area (Å²) < 4.78 is 0.707. The average Bonchev–Trinajstić information content (AvgIpc) is 2.41. The maximum Gasteiger partial charge on any atom is 0.288 e. The van der Waals surface area contributed by atoms with Gasteiger partial charge in [0.25, 0.3) is 11.6 Å². The van der Waals surface area contributed by atoms with Gasteiger partial charge in [-0.3, -0.25) is 14.9 Å². The molecule has 8 heteroatoms. The summed E-state index contributed by atoms with van der Waals surface area (Å²) in [6, 6.07) is 8.80. The van der Waals surface area contributed by atoms with E-state index < -0.39 is 10.8 Å². The standard InChI is InChI=1S/C13H7BrCl2N2O3/c14-7-1-3-10(15)9(5-7)13(19)17-8-2-4-12(18(20)21)11(16)6-8/h1-6H,(H,17,19). The van der Waals surface area contributed by atoms with Crippen molar-refractivity contribution in [2.75, 3.05) is 5.32 Å². The molecular formula is C13H7BrCl2N2O3. The number of hydrogen-bond donors (Lipinski definition) is 1. The lowest BCUT2D eigenvalue weighted by atomic mass is 10.2. The molecule has 0 radical (unpaired) electrons. The number of nitrogens with zero attached hydrogens (tertiary/aromatic N) is 1. The lowest BCUT2D eigenvalue weighted by Crippen LogP contribution is -2.12. The minimum Gasteiger partial charge on any atom is -0.322 e. The second-order valence-electron chi connectivity index (χ2n) is 4.00. The molecule has 2 rings (SSSR count). The van der Waals surface area contributed by atoms with Gasteiger partial charge in [0.1, 0.15) is 5.02 Å². The fourth-order valence-corrected chi connectivity index (χ4v) is 2.42. The van der Waals surface area contributed by atoms with Crippen LogP contribution >= 0.6 is 39.1 Å². The second-order valence-corrected chi connectivity index (χ2v) is 5.73. The van der Waals surface area contributed by atoms with Crippen LogP contribution in [0.3, 0.4) is 0 Å². The monoisotopic (exact) mass is 388 g/mol. The summed E-state index contributed by atoms with van der Waals surface area (Å²) in [5.41, 5.74) is 0.391. The lowest BCUT2D eigenvalue weighted by molar-refractivity contribution is -0.384. The van der Waals surface area contributed by atoms with Crippen LogP contribution in [-0.4, -0.2) is 10.8 Å². The molecule has 2 aromatic rings. The maximum absolute atomic E-state index is 12.1. The van der Waals surface area contributed by atoms with Crippen LogP contribution in [0.15, 0.2) is 40.9 Å². The van der Waals surface area contributed by atoms with E-state index in [4.69, 9.17) is 23.2 Å². The molecule has 1 amide bonds. The summed E-state index contributed by atoms with van der Waals surface area (Å²) in [5, 5.41) is 13.5. The zero-order chi connectivity index (χ0) is 15.6. The third-order valence-electron chi connectivity index (χ3n) is 2.58. The number of hydrogen-bond acceptors (Lipinski definition) is 3. The van der Waals surface area contributed by atoms with Crippen LogP contribution < -0.4 is 5.32 Å².